The van der Waals surface area contributed by atoms with Gasteiger partial charge in [-0.1, -0.05) is 25.4 Å². The molecule has 1 heterocycles. The van der Waals surface area contributed by atoms with E-state index in [2.05, 4.69) is 25.9 Å². The molecule has 0 amide bonds. The van der Waals surface area contributed by atoms with E-state index in [1.807, 2.05) is 13.8 Å². The third-order valence-electron chi connectivity index (χ3n) is 2.45. The summed E-state index contributed by atoms with van der Waals surface area (Å²) in [6, 6.07) is 4.07. The Labute approximate surface area is 129 Å². The maximum atomic E-state index is 13.5. The molecule has 0 atom stereocenters. The number of benzene rings is 1. The predicted molar refractivity (Wildman–Crippen MR) is 79.7 cm³/mol. The van der Waals surface area contributed by atoms with Gasteiger partial charge in [0.2, 0.25) is 5.88 Å². The second kappa shape index (κ2) is 5.93. The summed E-state index contributed by atoms with van der Waals surface area (Å²) >= 11 is 8.93. The van der Waals surface area contributed by atoms with Crippen molar-refractivity contribution in [3.63, 3.8) is 0 Å². The number of rotatable bonds is 3. The summed E-state index contributed by atoms with van der Waals surface area (Å²) < 4.78 is 19.5. The molecule has 0 radical (unpaired) electrons. The molecule has 0 fully saturated rings. The van der Waals surface area contributed by atoms with E-state index in [0.29, 0.717) is 16.1 Å². The van der Waals surface area contributed by atoms with Gasteiger partial charge in [0, 0.05) is 18.1 Å². The van der Waals surface area contributed by atoms with Crippen LogP contribution in [0.4, 0.5) is 10.2 Å². The monoisotopic (exact) mass is 359 g/mol. The second-order valence-corrected chi connectivity index (χ2v) is 5.70. The maximum absolute atomic E-state index is 13.5. The van der Waals surface area contributed by atoms with Gasteiger partial charge in [0.25, 0.3) is 0 Å². The highest BCUT2D eigenvalue weighted by atomic mass is 79.9. The van der Waals surface area contributed by atoms with Crippen LogP contribution in [0.1, 0.15) is 25.6 Å². The molecule has 20 heavy (non-hydrogen) atoms. The molecule has 0 unspecified atom stereocenters. The lowest BCUT2D eigenvalue weighted by atomic mass is 10.2. The van der Waals surface area contributed by atoms with E-state index >= 15 is 0 Å². The van der Waals surface area contributed by atoms with E-state index in [1.165, 1.54) is 18.2 Å². The summed E-state index contributed by atoms with van der Waals surface area (Å²) in [5.41, 5.74) is 5.70. The van der Waals surface area contributed by atoms with Crippen LogP contribution in [-0.2, 0) is 0 Å². The van der Waals surface area contributed by atoms with Crippen molar-refractivity contribution in [2.24, 2.45) is 0 Å². The lowest BCUT2D eigenvalue weighted by Crippen LogP contribution is -2.03. The molecule has 0 saturated carbocycles. The summed E-state index contributed by atoms with van der Waals surface area (Å²) in [6.45, 7) is 3.88. The Balaban J connectivity index is 2.37. The SMILES string of the molecule is CC(C)c1nc(N)cc(Oc2cc(F)c(Cl)cc2Br)n1. The summed E-state index contributed by atoms with van der Waals surface area (Å²) in [4.78, 5) is 8.34. The van der Waals surface area contributed by atoms with E-state index in [0.717, 1.165) is 0 Å². The Morgan fingerprint density at radius 3 is 2.65 bits per heavy atom. The molecule has 0 saturated heterocycles. The normalized spacial score (nSPS) is 10.9. The number of ether oxygens (including phenoxy) is 1. The van der Waals surface area contributed by atoms with Crippen LogP contribution in [0.25, 0.3) is 0 Å². The Bertz CT molecular complexity index is 652. The standard InChI is InChI=1S/C13H12BrClFN3O/c1-6(2)13-18-11(17)5-12(19-13)20-10-4-9(16)8(15)3-7(10)14/h3-6H,1-2H3,(H2,17,18,19). The number of hydrogen-bond acceptors (Lipinski definition) is 4. The van der Waals surface area contributed by atoms with Crippen molar-refractivity contribution < 1.29 is 9.13 Å². The number of hydrogen-bond donors (Lipinski definition) is 1. The predicted octanol–water partition coefficient (Wildman–Crippen LogP) is 4.53. The lowest BCUT2D eigenvalue weighted by molar-refractivity contribution is 0.450. The van der Waals surface area contributed by atoms with Crippen molar-refractivity contribution in [2.75, 3.05) is 5.73 Å². The molecule has 0 aliphatic rings. The van der Waals surface area contributed by atoms with Gasteiger partial charge in [0.15, 0.2) is 0 Å². The molecule has 7 heteroatoms. The smallest absolute Gasteiger partial charge is 0.224 e. The van der Waals surface area contributed by atoms with Crippen LogP contribution < -0.4 is 10.5 Å². The van der Waals surface area contributed by atoms with Gasteiger partial charge in [0.1, 0.15) is 23.2 Å². The summed E-state index contributed by atoms with van der Waals surface area (Å²) in [5.74, 6) is 0.903. The zero-order valence-electron chi connectivity index (χ0n) is 10.8. The Morgan fingerprint density at radius 1 is 1.30 bits per heavy atom. The number of halogens is 3. The number of nitrogens with two attached hydrogens (primary N) is 1. The molecular formula is C13H12BrClFN3O. The largest absolute Gasteiger partial charge is 0.438 e. The first-order chi connectivity index (χ1) is 9.36. The van der Waals surface area contributed by atoms with Crippen LogP contribution in [0, 0.1) is 5.82 Å². The summed E-state index contributed by atoms with van der Waals surface area (Å²) in [5, 5.41) is 0.00861. The summed E-state index contributed by atoms with van der Waals surface area (Å²) in [6.07, 6.45) is 0. The van der Waals surface area contributed by atoms with Crippen molar-refractivity contribution in [1.82, 2.24) is 9.97 Å². The fourth-order valence-corrected chi connectivity index (χ4v) is 2.19. The van der Waals surface area contributed by atoms with Gasteiger partial charge >= 0.3 is 0 Å². The van der Waals surface area contributed by atoms with Crippen molar-refractivity contribution in [2.45, 2.75) is 19.8 Å². The number of anilines is 1. The third kappa shape index (κ3) is 3.37. The molecular weight excluding hydrogens is 349 g/mol. The number of aromatic nitrogens is 2. The van der Waals surface area contributed by atoms with E-state index in [-0.39, 0.29) is 22.6 Å². The van der Waals surface area contributed by atoms with Gasteiger partial charge in [-0.2, -0.15) is 4.98 Å². The highest BCUT2D eigenvalue weighted by Crippen LogP contribution is 2.33. The minimum Gasteiger partial charge on any atom is -0.438 e. The number of nitrogen functional groups attached to an aromatic ring is 1. The van der Waals surface area contributed by atoms with Gasteiger partial charge in [-0.15, -0.1) is 0 Å². The summed E-state index contributed by atoms with van der Waals surface area (Å²) in [7, 11) is 0. The highest BCUT2D eigenvalue weighted by molar-refractivity contribution is 9.10. The van der Waals surface area contributed by atoms with Crippen LogP contribution in [0.5, 0.6) is 11.6 Å². The van der Waals surface area contributed by atoms with Gasteiger partial charge in [-0.05, 0) is 22.0 Å². The molecule has 2 aromatic rings. The Morgan fingerprint density at radius 2 is 2.00 bits per heavy atom. The average Bonchev–Trinajstić information content (AvgIpc) is 2.35. The van der Waals surface area contributed by atoms with Gasteiger partial charge in [-0.3, -0.25) is 0 Å². The molecule has 0 aliphatic carbocycles. The van der Waals surface area contributed by atoms with Crippen molar-refractivity contribution in [1.29, 1.82) is 0 Å². The van der Waals surface area contributed by atoms with Crippen LogP contribution >= 0.6 is 27.5 Å². The quantitative estimate of drug-likeness (QED) is 0.817. The van der Waals surface area contributed by atoms with Crippen molar-refractivity contribution in [3.8, 4) is 11.6 Å². The van der Waals surface area contributed by atoms with E-state index in [9.17, 15) is 4.39 Å². The zero-order chi connectivity index (χ0) is 14.9. The van der Waals surface area contributed by atoms with Gasteiger partial charge in [-0.25, -0.2) is 9.37 Å². The van der Waals surface area contributed by atoms with Crippen LogP contribution in [0.2, 0.25) is 5.02 Å². The Kier molecular flexibility index (Phi) is 4.45. The number of nitrogens with zero attached hydrogens (tertiary/aromatic N) is 2. The van der Waals surface area contributed by atoms with Gasteiger partial charge < -0.3 is 10.5 Å². The molecule has 2 N–H and O–H groups in total. The molecule has 0 spiro atoms. The van der Waals surface area contributed by atoms with Crippen molar-refractivity contribution >= 4 is 33.3 Å². The zero-order valence-corrected chi connectivity index (χ0v) is 13.2. The van der Waals surface area contributed by atoms with E-state index in [1.54, 1.807) is 0 Å². The molecule has 1 aromatic heterocycles. The van der Waals surface area contributed by atoms with Crippen LogP contribution in [-0.4, -0.2) is 9.97 Å². The Hall–Kier alpha value is -1.40. The lowest BCUT2D eigenvalue weighted by Gasteiger charge is -2.11. The fraction of sp³-hybridized carbons (Fsp3) is 0.231. The molecule has 2 rings (SSSR count). The van der Waals surface area contributed by atoms with E-state index < -0.39 is 5.82 Å². The topological polar surface area (TPSA) is 61.0 Å². The molecule has 4 nitrogen and oxygen atoms in total. The fourth-order valence-electron chi connectivity index (χ4n) is 1.47. The van der Waals surface area contributed by atoms with Crippen molar-refractivity contribution in [3.05, 3.63) is 39.3 Å². The first kappa shape index (κ1) is 15.0. The molecule has 0 bridgehead atoms. The van der Waals surface area contributed by atoms with E-state index in [4.69, 9.17) is 22.1 Å². The first-order valence-corrected chi connectivity index (χ1v) is 7.00. The average molecular weight is 361 g/mol. The third-order valence-corrected chi connectivity index (χ3v) is 3.35. The van der Waals surface area contributed by atoms with Crippen LogP contribution in [0.3, 0.4) is 0 Å². The minimum atomic E-state index is -0.573. The minimum absolute atomic E-state index is 0.00861. The highest BCUT2D eigenvalue weighted by Gasteiger charge is 2.12. The van der Waals surface area contributed by atoms with Crippen LogP contribution in [0.15, 0.2) is 22.7 Å². The molecule has 1 aromatic carbocycles. The molecule has 106 valence electrons. The van der Waals surface area contributed by atoms with Gasteiger partial charge in [0.05, 0.1) is 9.50 Å². The molecule has 0 aliphatic heterocycles. The second-order valence-electron chi connectivity index (χ2n) is 4.44. The first-order valence-electron chi connectivity index (χ1n) is 5.83. The maximum Gasteiger partial charge on any atom is 0.224 e.